The first kappa shape index (κ1) is 13.0. The molecule has 1 aromatic rings. The number of amides is 1. The number of thioether (sulfide) groups is 1. The van der Waals surface area contributed by atoms with Crippen LogP contribution in [0, 0.1) is 5.41 Å². The van der Waals surface area contributed by atoms with Crippen molar-refractivity contribution in [2.24, 2.45) is 5.41 Å². The Kier molecular flexibility index (Phi) is 3.34. The molecule has 1 heterocycles. The van der Waals surface area contributed by atoms with E-state index in [-0.39, 0.29) is 5.91 Å². The van der Waals surface area contributed by atoms with E-state index >= 15 is 0 Å². The number of anilines is 1. The van der Waals surface area contributed by atoms with Gasteiger partial charge >= 0.3 is 5.97 Å². The molecule has 18 heavy (non-hydrogen) atoms. The molecule has 0 aliphatic carbocycles. The minimum absolute atomic E-state index is 0.00566. The lowest BCUT2D eigenvalue weighted by Gasteiger charge is -2.21. The number of hydrogen-bond acceptors (Lipinski definition) is 3. The van der Waals surface area contributed by atoms with Crippen LogP contribution in [0.3, 0.4) is 0 Å². The highest BCUT2D eigenvalue weighted by Crippen LogP contribution is 2.33. The summed E-state index contributed by atoms with van der Waals surface area (Å²) in [5, 5.41) is 11.9. The van der Waals surface area contributed by atoms with Crippen LogP contribution in [-0.4, -0.2) is 22.7 Å². The highest BCUT2D eigenvalue weighted by Gasteiger charge is 2.28. The smallest absolute Gasteiger partial charge is 0.309 e. The number of carbonyl (C=O) groups excluding carboxylic acids is 1. The van der Waals surface area contributed by atoms with E-state index in [1.54, 1.807) is 13.8 Å². The highest BCUT2D eigenvalue weighted by molar-refractivity contribution is 8.00. The number of benzene rings is 1. The molecule has 0 fully saturated rings. The number of carboxylic acids is 1. The quantitative estimate of drug-likeness (QED) is 0.880. The van der Waals surface area contributed by atoms with Crippen molar-refractivity contribution >= 4 is 29.3 Å². The van der Waals surface area contributed by atoms with Crippen LogP contribution in [0.4, 0.5) is 5.69 Å². The van der Waals surface area contributed by atoms with E-state index in [1.165, 1.54) is 11.8 Å². The van der Waals surface area contributed by atoms with Crippen LogP contribution in [0.1, 0.15) is 19.4 Å². The van der Waals surface area contributed by atoms with Gasteiger partial charge in [-0.3, -0.25) is 9.59 Å². The molecular weight excluding hydrogens is 250 g/mol. The Balaban J connectivity index is 2.22. The molecule has 2 N–H and O–H groups in total. The van der Waals surface area contributed by atoms with Gasteiger partial charge < -0.3 is 10.4 Å². The first-order chi connectivity index (χ1) is 8.38. The fourth-order valence-corrected chi connectivity index (χ4v) is 2.68. The second kappa shape index (κ2) is 4.65. The summed E-state index contributed by atoms with van der Waals surface area (Å²) < 4.78 is 0. The van der Waals surface area contributed by atoms with E-state index in [4.69, 9.17) is 5.11 Å². The van der Waals surface area contributed by atoms with Crippen LogP contribution in [0.25, 0.3) is 0 Å². The maximum Gasteiger partial charge on any atom is 0.309 e. The molecule has 5 heteroatoms. The van der Waals surface area contributed by atoms with Crippen molar-refractivity contribution in [2.75, 3.05) is 11.1 Å². The van der Waals surface area contributed by atoms with Crippen LogP contribution < -0.4 is 5.32 Å². The number of fused-ring (bicyclic) bond motifs is 1. The molecule has 0 unspecified atom stereocenters. The van der Waals surface area contributed by atoms with Crippen molar-refractivity contribution in [1.29, 1.82) is 0 Å². The standard InChI is InChI=1S/C13H15NO3S/c1-13(2,12(16)17)6-8-3-4-9-10(5-8)18-7-11(15)14-9/h3-5H,6-7H2,1-2H3,(H,14,15)(H,16,17). The lowest BCUT2D eigenvalue weighted by Crippen LogP contribution is -2.26. The number of aliphatic carboxylic acids is 1. The minimum Gasteiger partial charge on any atom is -0.481 e. The molecule has 1 aromatic carbocycles. The summed E-state index contributed by atoms with van der Waals surface area (Å²) in [7, 11) is 0. The molecule has 96 valence electrons. The fourth-order valence-electron chi connectivity index (χ4n) is 1.81. The Labute approximate surface area is 110 Å². The van der Waals surface area contributed by atoms with Crippen LogP contribution in [0.2, 0.25) is 0 Å². The zero-order valence-corrected chi connectivity index (χ0v) is 11.1. The number of nitrogens with one attached hydrogen (secondary N) is 1. The van der Waals surface area contributed by atoms with Gasteiger partial charge in [-0.05, 0) is 38.0 Å². The Morgan fingerprint density at radius 1 is 1.50 bits per heavy atom. The number of hydrogen-bond donors (Lipinski definition) is 2. The number of carboxylic acid groups (broad SMARTS) is 1. The third kappa shape index (κ3) is 2.67. The van der Waals surface area contributed by atoms with Gasteiger partial charge in [0.2, 0.25) is 5.91 Å². The molecule has 1 aliphatic rings. The Bertz CT molecular complexity index is 511. The van der Waals surface area contributed by atoms with Gasteiger partial charge in [-0.15, -0.1) is 11.8 Å². The summed E-state index contributed by atoms with van der Waals surface area (Å²) in [6.45, 7) is 3.42. The van der Waals surface area contributed by atoms with Crippen LogP contribution in [-0.2, 0) is 16.0 Å². The molecule has 1 aliphatic heterocycles. The average Bonchev–Trinajstić information content (AvgIpc) is 2.28. The molecule has 0 saturated carbocycles. The molecule has 0 radical (unpaired) electrons. The molecule has 0 aromatic heterocycles. The minimum atomic E-state index is -0.804. The van der Waals surface area contributed by atoms with Crippen LogP contribution in [0.15, 0.2) is 23.1 Å². The first-order valence-corrected chi connectivity index (χ1v) is 6.66. The van der Waals surface area contributed by atoms with Crippen LogP contribution in [0.5, 0.6) is 0 Å². The van der Waals surface area contributed by atoms with Crippen molar-refractivity contribution in [3.05, 3.63) is 23.8 Å². The Morgan fingerprint density at radius 3 is 2.89 bits per heavy atom. The zero-order valence-electron chi connectivity index (χ0n) is 10.3. The fraction of sp³-hybridized carbons (Fsp3) is 0.385. The van der Waals surface area contributed by atoms with E-state index < -0.39 is 11.4 Å². The summed E-state index contributed by atoms with van der Waals surface area (Å²) in [6, 6.07) is 5.67. The molecule has 0 bridgehead atoms. The monoisotopic (exact) mass is 265 g/mol. The van der Waals surface area contributed by atoms with Crippen molar-refractivity contribution in [1.82, 2.24) is 0 Å². The zero-order chi connectivity index (χ0) is 13.3. The lowest BCUT2D eigenvalue weighted by atomic mass is 9.86. The van der Waals surface area contributed by atoms with E-state index in [2.05, 4.69) is 5.32 Å². The molecule has 0 atom stereocenters. The topological polar surface area (TPSA) is 66.4 Å². The van der Waals surface area contributed by atoms with E-state index in [1.807, 2.05) is 18.2 Å². The Hall–Kier alpha value is -1.49. The third-order valence-corrected chi connectivity index (χ3v) is 3.96. The summed E-state index contributed by atoms with van der Waals surface area (Å²) in [5.74, 6) is -0.383. The largest absolute Gasteiger partial charge is 0.481 e. The molecular formula is C13H15NO3S. The third-order valence-electron chi connectivity index (χ3n) is 2.90. The molecule has 2 rings (SSSR count). The predicted octanol–water partition coefficient (Wildman–Crippen LogP) is 2.38. The summed E-state index contributed by atoms with van der Waals surface area (Å²) >= 11 is 1.49. The number of rotatable bonds is 3. The van der Waals surface area contributed by atoms with E-state index in [0.717, 1.165) is 16.1 Å². The van der Waals surface area contributed by atoms with Crippen molar-refractivity contribution in [3.8, 4) is 0 Å². The van der Waals surface area contributed by atoms with Crippen molar-refractivity contribution in [3.63, 3.8) is 0 Å². The Morgan fingerprint density at radius 2 is 2.22 bits per heavy atom. The van der Waals surface area contributed by atoms with Gasteiger partial charge in [-0.25, -0.2) is 0 Å². The SMILES string of the molecule is CC(C)(Cc1ccc2c(c1)SCC(=O)N2)C(=O)O. The van der Waals surface area contributed by atoms with E-state index in [9.17, 15) is 9.59 Å². The van der Waals surface area contributed by atoms with Gasteiger partial charge in [0.1, 0.15) is 0 Å². The second-order valence-electron chi connectivity index (χ2n) is 5.03. The molecule has 1 amide bonds. The first-order valence-electron chi connectivity index (χ1n) is 5.67. The maximum absolute atomic E-state index is 11.2. The van der Waals surface area contributed by atoms with Crippen LogP contribution >= 0.6 is 11.8 Å². The van der Waals surface area contributed by atoms with E-state index in [0.29, 0.717) is 12.2 Å². The summed E-state index contributed by atoms with van der Waals surface area (Å²) in [5.41, 5.74) is 1.01. The molecule has 4 nitrogen and oxygen atoms in total. The van der Waals surface area contributed by atoms with Gasteiger partial charge in [0.05, 0.1) is 16.9 Å². The second-order valence-corrected chi connectivity index (χ2v) is 6.05. The summed E-state index contributed by atoms with van der Waals surface area (Å²) in [6.07, 6.45) is 0.476. The van der Waals surface area contributed by atoms with Gasteiger partial charge in [0.15, 0.2) is 0 Å². The molecule has 0 spiro atoms. The predicted molar refractivity (Wildman–Crippen MR) is 70.9 cm³/mol. The normalized spacial score (nSPS) is 14.9. The van der Waals surface area contributed by atoms with Crippen molar-refractivity contribution < 1.29 is 14.7 Å². The number of carbonyl (C=O) groups is 2. The van der Waals surface area contributed by atoms with Crippen molar-refractivity contribution in [2.45, 2.75) is 25.2 Å². The average molecular weight is 265 g/mol. The van der Waals surface area contributed by atoms with Gasteiger partial charge in [0, 0.05) is 4.90 Å². The van der Waals surface area contributed by atoms with Gasteiger partial charge in [-0.2, -0.15) is 0 Å². The summed E-state index contributed by atoms with van der Waals surface area (Å²) in [4.78, 5) is 23.3. The van der Waals surface area contributed by atoms with Gasteiger partial charge in [-0.1, -0.05) is 6.07 Å². The van der Waals surface area contributed by atoms with Gasteiger partial charge in [0.25, 0.3) is 0 Å². The maximum atomic E-state index is 11.2. The molecule has 0 saturated heterocycles. The highest BCUT2D eigenvalue weighted by atomic mass is 32.2. The lowest BCUT2D eigenvalue weighted by molar-refractivity contribution is -0.146.